The second-order valence-electron chi connectivity index (χ2n) is 11.9. The molecule has 0 atom stereocenters. The van der Waals surface area contributed by atoms with Crippen LogP contribution >= 0.6 is 11.3 Å². The van der Waals surface area contributed by atoms with Gasteiger partial charge in [0.1, 0.15) is 7.67 Å². The molecule has 0 aliphatic heterocycles. The topological polar surface area (TPSA) is 63.1 Å². The Morgan fingerprint density at radius 2 is 1.54 bits per heavy atom. The zero-order chi connectivity index (χ0) is 35.4. The van der Waals surface area contributed by atoms with Crippen LogP contribution in [0.15, 0.2) is 60.6 Å². The number of aliphatic hydroxyl groups is 1. The molecule has 0 amide bonds. The van der Waals surface area contributed by atoms with Crippen LogP contribution < -0.4 is 0 Å². The molecule has 245 valence electrons. The molecule has 1 radical (unpaired) electrons. The number of hydrogen-bond donors (Lipinski definition) is 1. The second-order valence-corrected chi connectivity index (χ2v) is 12.9. The van der Waals surface area contributed by atoms with Crippen LogP contribution in [-0.2, 0) is 24.9 Å². The van der Waals surface area contributed by atoms with E-state index in [9.17, 15) is 9.90 Å². The van der Waals surface area contributed by atoms with E-state index in [-0.39, 0.29) is 55.8 Å². The van der Waals surface area contributed by atoms with E-state index in [0.29, 0.717) is 28.4 Å². The van der Waals surface area contributed by atoms with Gasteiger partial charge in [0.05, 0.1) is 11.3 Å². The number of hydrogen-bond acceptors (Lipinski definition) is 5. The van der Waals surface area contributed by atoms with Crippen LogP contribution in [-0.4, -0.2) is 20.9 Å². The third kappa shape index (κ3) is 8.20. The molecule has 46 heavy (non-hydrogen) atoms. The standard InChI is InChI=1S/C27H23N2S.C13H24O2.Ir/c1-15-9-16(2)13-20(12-15)24-27-25(29-14-28-24)22-8-6-7-21(26(22)30-27)23-18(4)10-17(3)11-19(23)5;1-5-10(6-2)12(14)9-13(15)11(7-3)8-4;/h6-12,14H,1-5H3;9-11,14H,5-8H2,1-4H3;/q-1;;/b;12-9-;/i9D,12D,14D;;. The van der Waals surface area contributed by atoms with Gasteiger partial charge in [-0.05, 0) is 65.9 Å². The Bertz CT molecular complexity index is 1990. The Kier molecular flexibility index (Phi) is 11.8. The summed E-state index contributed by atoms with van der Waals surface area (Å²) in [6.45, 7) is 18.1. The number of aliphatic hydroxyl groups excluding tert-OH is 1. The molecule has 0 spiro atoms. The summed E-state index contributed by atoms with van der Waals surface area (Å²) in [7, 11) is 0. The van der Waals surface area contributed by atoms with Gasteiger partial charge in [0.25, 0.3) is 0 Å². The first-order chi connectivity index (χ1) is 22.8. The summed E-state index contributed by atoms with van der Waals surface area (Å²) < 4.78 is 27.1. The first kappa shape index (κ1) is 32.7. The molecule has 1 N–H and O–H groups in total. The monoisotopic (exact) mass is 815 g/mol. The number of aromatic nitrogens is 2. The Morgan fingerprint density at radius 3 is 2.15 bits per heavy atom. The first-order valence-corrected chi connectivity index (χ1v) is 16.8. The van der Waals surface area contributed by atoms with E-state index in [2.05, 4.69) is 55.0 Å². The predicted octanol–water partition coefficient (Wildman–Crippen LogP) is 11.4. The van der Waals surface area contributed by atoms with Gasteiger partial charge in [-0.2, -0.15) is 0 Å². The van der Waals surface area contributed by atoms with Crippen molar-refractivity contribution in [2.24, 2.45) is 11.8 Å². The smallest absolute Gasteiger partial charge is 0.162 e. The zero-order valence-corrected chi connectivity index (χ0v) is 31.7. The number of fused-ring (bicyclic) bond motifs is 3. The fourth-order valence-corrected chi connectivity index (χ4v) is 7.43. The zero-order valence-electron chi connectivity index (χ0n) is 31.4. The Hall–Kier alpha value is -3.18. The molecule has 0 saturated heterocycles. The average Bonchev–Trinajstić information content (AvgIpc) is 3.41. The van der Waals surface area contributed by atoms with Gasteiger partial charge < -0.3 is 5.11 Å². The average molecular weight is 815 g/mol. The molecule has 0 bridgehead atoms. The van der Waals surface area contributed by atoms with Crippen molar-refractivity contribution < 1.29 is 34.1 Å². The molecule has 6 heteroatoms. The molecule has 0 fully saturated rings. The number of allylic oxidation sites excluding steroid dienone is 2. The van der Waals surface area contributed by atoms with Gasteiger partial charge >= 0.3 is 0 Å². The Morgan fingerprint density at radius 1 is 0.913 bits per heavy atom. The molecule has 3 aromatic carbocycles. The van der Waals surface area contributed by atoms with E-state index in [1.54, 1.807) is 18.3 Å². The van der Waals surface area contributed by atoms with Crippen LogP contribution in [0, 0.1) is 52.5 Å². The number of ketones is 1. The molecule has 0 aliphatic rings. The van der Waals surface area contributed by atoms with E-state index >= 15 is 0 Å². The third-order valence-electron chi connectivity index (χ3n) is 8.49. The van der Waals surface area contributed by atoms with Crippen LogP contribution in [0.3, 0.4) is 0 Å². The number of carbonyl (C=O) groups excluding carboxylic acids is 1. The maximum atomic E-state index is 11.7. The molecule has 5 rings (SSSR count). The third-order valence-corrected chi connectivity index (χ3v) is 9.73. The van der Waals surface area contributed by atoms with Crippen molar-refractivity contribution >= 4 is 37.4 Å². The first-order valence-electron chi connectivity index (χ1n) is 17.5. The molecular formula is C40H47IrN2O2S-. The molecule has 4 nitrogen and oxygen atoms in total. The quantitative estimate of drug-likeness (QED) is 0.0914. The van der Waals surface area contributed by atoms with E-state index < -0.39 is 0 Å². The molecule has 0 saturated carbocycles. The largest absolute Gasteiger partial charge is 0.512 e. The summed E-state index contributed by atoms with van der Waals surface area (Å²) in [6.07, 6.45) is 4.83. The van der Waals surface area contributed by atoms with Crippen molar-refractivity contribution in [3.8, 4) is 22.4 Å². The number of rotatable bonds is 9. The van der Waals surface area contributed by atoms with Crippen molar-refractivity contribution in [3.05, 3.63) is 94.4 Å². The maximum Gasteiger partial charge on any atom is 0.162 e. The van der Waals surface area contributed by atoms with Crippen molar-refractivity contribution in [3.63, 3.8) is 0 Å². The van der Waals surface area contributed by atoms with Gasteiger partial charge in [-0.25, -0.2) is 4.98 Å². The van der Waals surface area contributed by atoms with E-state index in [4.69, 9.17) is 4.11 Å². The minimum Gasteiger partial charge on any atom is -0.512 e. The minimum absolute atomic E-state index is 0. The van der Waals surface area contributed by atoms with E-state index in [1.165, 1.54) is 28.3 Å². The second kappa shape index (κ2) is 16.6. The summed E-state index contributed by atoms with van der Waals surface area (Å²) in [5.74, 6) is 0.547. The van der Waals surface area contributed by atoms with Gasteiger partial charge in [-0.15, -0.1) is 46.2 Å². The van der Waals surface area contributed by atoms with Crippen molar-refractivity contribution in [2.75, 3.05) is 0 Å². The number of thiophene rings is 1. The SMILES string of the molecule is CCC(CC)C(=O)/C=C(\O)C(CC)CC.[2H]c1nc(-c2[c-]c(C)c([2H])c(C)c2[2H])c2sc3c(-c4c(C)cc(C)cc4C)cccc3c2n1.[Ir]. The summed E-state index contributed by atoms with van der Waals surface area (Å²) >= 11 is 1.60. The maximum absolute atomic E-state index is 11.7. The fourth-order valence-electron chi connectivity index (χ4n) is 6.17. The van der Waals surface area contributed by atoms with Crippen LogP contribution in [0.25, 0.3) is 42.7 Å². The van der Waals surface area contributed by atoms with Gasteiger partial charge in [0, 0.05) is 64.1 Å². The van der Waals surface area contributed by atoms with Gasteiger partial charge in [-0.3, -0.25) is 9.78 Å². The summed E-state index contributed by atoms with van der Waals surface area (Å²) in [5.41, 5.74) is 9.12. The molecule has 2 heterocycles. The predicted molar refractivity (Wildman–Crippen MR) is 192 cm³/mol. The molecule has 0 unspecified atom stereocenters. The van der Waals surface area contributed by atoms with E-state index in [1.807, 2.05) is 46.8 Å². The number of aryl methyl sites for hydroxylation is 4. The van der Waals surface area contributed by atoms with Crippen LogP contribution in [0.4, 0.5) is 0 Å². The Labute approximate surface area is 297 Å². The number of benzene rings is 3. The minimum atomic E-state index is -0.0802. The van der Waals surface area contributed by atoms with Crippen LogP contribution in [0.5, 0.6) is 0 Å². The van der Waals surface area contributed by atoms with E-state index in [0.717, 1.165) is 51.5 Å². The Balaban J connectivity index is 0.000000347. The normalized spacial score (nSPS) is 12.5. The molecule has 2 aromatic heterocycles. The molecule has 5 aromatic rings. The van der Waals surface area contributed by atoms with Crippen molar-refractivity contribution in [1.82, 2.24) is 9.97 Å². The van der Waals surface area contributed by atoms with Gasteiger partial charge in [0.2, 0.25) is 0 Å². The summed E-state index contributed by atoms with van der Waals surface area (Å²) in [5, 5.41) is 10.7. The fraction of sp³-hybridized carbons (Fsp3) is 0.375. The molecule has 0 aliphatic carbocycles. The molecular weight excluding hydrogens is 765 g/mol. The number of carbonyl (C=O) groups is 1. The number of nitrogens with zero attached hydrogens (tertiary/aromatic N) is 2. The van der Waals surface area contributed by atoms with Gasteiger partial charge in [-0.1, -0.05) is 77.4 Å². The van der Waals surface area contributed by atoms with Crippen molar-refractivity contribution in [2.45, 2.75) is 88.0 Å². The summed E-state index contributed by atoms with van der Waals surface area (Å²) in [6, 6.07) is 14.4. The van der Waals surface area contributed by atoms with Gasteiger partial charge in [0.15, 0.2) is 5.78 Å². The van der Waals surface area contributed by atoms with Crippen LogP contribution in [0.1, 0.15) is 85.3 Å². The van der Waals surface area contributed by atoms with Crippen molar-refractivity contribution in [1.29, 1.82) is 0 Å². The summed E-state index contributed by atoms with van der Waals surface area (Å²) in [4.78, 5) is 20.6. The van der Waals surface area contributed by atoms with Crippen LogP contribution in [0.2, 0.25) is 0 Å².